The lowest BCUT2D eigenvalue weighted by atomic mass is 9.83. The second kappa shape index (κ2) is 5.58. The Labute approximate surface area is 126 Å². The molecule has 1 aliphatic carbocycles. The molecule has 0 spiro atoms. The van der Waals surface area contributed by atoms with E-state index in [1.54, 1.807) is 14.2 Å². The third kappa shape index (κ3) is 2.37. The molecule has 0 bridgehead atoms. The van der Waals surface area contributed by atoms with Crippen LogP contribution in [0.5, 0.6) is 11.5 Å². The monoisotopic (exact) mass is 289 g/mol. The third-order valence-corrected chi connectivity index (χ3v) is 4.92. The maximum absolute atomic E-state index is 12.5. The number of hydrogen-bond donors (Lipinski definition) is 0. The van der Waals surface area contributed by atoms with Gasteiger partial charge in [0.2, 0.25) is 5.91 Å². The number of benzene rings is 1. The molecule has 114 valence electrons. The van der Waals surface area contributed by atoms with E-state index in [-0.39, 0.29) is 12.0 Å². The number of carbonyl (C=O) groups excluding carboxylic acids is 1. The van der Waals surface area contributed by atoms with Gasteiger partial charge < -0.3 is 14.4 Å². The Morgan fingerprint density at radius 3 is 2.43 bits per heavy atom. The summed E-state index contributed by atoms with van der Waals surface area (Å²) in [5.41, 5.74) is 2.45. The minimum absolute atomic E-state index is 0.113. The van der Waals surface area contributed by atoms with Gasteiger partial charge in [0.1, 0.15) is 0 Å². The lowest BCUT2D eigenvalue weighted by Gasteiger charge is -2.39. The average molecular weight is 289 g/mol. The number of fused-ring (bicyclic) bond motifs is 1. The molecule has 3 rings (SSSR count). The Bertz CT molecular complexity index is 551. The van der Waals surface area contributed by atoms with Crippen LogP contribution in [0.3, 0.4) is 0 Å². The van der Waals surface area contributed by atoms with Crippen molar-refractivity contribution in [1.29, 1.82) is 0 Å². The van der Waals surface area contributed by atoms with Crippen LogP contribution in [0, 0.1) is 5.92 Å². The van der Waals surface area contributed by atoms with Gasteiger partial charge in [0, 0.05) is 12.5 Å². The summed E-state index contributed by atoms with van der Waals surface area (Å²) in [6.07, 6.45) is 4.19. The second-order valence-corrected chi connectivity index (χ2v) is 5.99. The fraction of sp³-hybridized carbons (Fsp3) is 0.588. The van der Waals surface area contributed by atoms with Crippen molar-refractivity contribution in [2.45, 2.75) is 38.6 Å². The molecule has 4 heteroatoms. The standard InChI is InChI=1S/C17H23NO3/c1-11-14-10-16(21-3)15(20-2)9-13(14)7-8-18(11)17(19)12-5-4-6-12/h9-12H,4-8H2,1-3H3. The van der Waals surface area contributed by atoms with Gasteiger partial charge in [-0.1, -0.05) is 6.42 Å². The van der Waals surface area contributed by atoms with Crippen molar-refractivity contribution in [3.05, 3.63) is 23.3 Å². The zero-order valence-corrected chi connectivity index (χ0v) is 13.0. The van der Waals surface area contributed by atoms with Gasteiger partial charge in [-0.25, -0.2) is 0 Å². The Morgan fingerprint density at radius 2 is 1.86 bits per heavy atom. The van der Waals surface area contributed by atoms with E-state index in [0.29, 0.717) is 5.91 Å². The van der Waals surface area contributed by atoms with E-state index in [1.807, 2.05) is 11.0 Å². The molecular formula is C17H23NO3. The molecule has 0 saturated heterocycles. The number of nitrogens with zero attached hydrogens (tertiary/aromatic N) is 1. The fourth-order valence-corrected chi connectivity index (χ4v) is 3.34. The molecule has 4 nitrogen and oxygen atoms in total. The van der Waals surface area contributed by atoms with Gasteiger partial charge in [0.25, 0.3) is 0 Å². The number of amides is 1. The van der Waals surface area contributed by atoms with E-state index in [2.05, 4.69) is 13.0 Å². The first-order valence-electron chi connectivity index (χ1n) is 7.71. The molecule has 1 amide bonds. The molecule has 2 aliphatic rings. The van der Waals surface area contributed by atoms with Gasteiger partial charge in [-0.05, 0) is 49.4 Å². The first-order valence-corrected chi connectivity index (χ1v) is 7.71. The van der Waals surface area contributed by atoms with Crippen LogP contribution in [0.15, 0.2) is 12.1 Å². The molecule has 21 heavy (non-hydrogen) atoms. The van der Waals surface area contributed by atoms with Crippen molar-refractivity contribution in [3.63, 3.8) is 0 Å². The van der Waals surface area contributed by atoms with Crippen molar-refractivity contribution in [3.8, 4) is 11.5 Å². The van der Waals surface area contributed by atoms with Crippen LogP contribution < -0.4 is 9.47 Å². The van der Waals surface area contributed by atoms with E-state index in [0.717, 1.165) is 37.3 Å². The first-order chi connectivity index (χ1) is 10.2. The molecule has 1 saturated carbocycles. The zero-order valence-electron chi connectivity index (χ0n) is 13.0. The number of hydrogen-bond acceptors (Lipinski definition) is 3. The normalized spacial score (nSPS) is 21.5. The number of methoxy groups -OCH3 is 2. The Balaban J connectivity index is 1.89. The molecule has 1 fully saturated rings. The summed E-state index contributed by atoms with van der Waals surface area (Å²) in [6, 6.07) is 4.19. The minimum Gasteiger partial charge on any atom is -0.493 e. The summed E-state index contributed by atoms with van der Waals surface area (Å²) < 4.78 is 10.8. The summed E-state index contributed by atoms with van der Waals surface area (Å²) >= 11 is 0. The van der Waals surface area contributed by atoms with E-state index < -0.39 is 0 Å². The Kier molecular flexibility index (Phi) is 3.79. The Morgan fingerprint density at radius 1 is 1.19 bits per heavy atom. The predicted molar refractivity (Wildman–Crippen MR) is 80.7 cm³/mol. The molecule has 1 atom stereocenters. The summed E-state index contributed by atoms with van der Waals surface area (Å²) in [5.74, 6) is 2.09. The van der Waals surface area contributed by atoms with Crippen molar-refractivity contribution in [2.24, 2.45) is 5.92 Å². The maximum atomic E-state index is 12.5. The quantitative estimate of drug-likeness (QED) is 0.858. The van der Waals surface area contributed by atoms with Gasteiger partial charge in [0.15, 0.2) is 11.5 Å². The molecule has 1 heterocycles. The fourth-order valence-electron chi connectivity index (χ4n) is 3.34. The highest BCUT2D eigenvalue weighted by Gasteiger charge is 2.35. The highest BCUT2D eigenvalue weighted by Crippen LogP contribution is 2.39. The van der Waals surface area contributed by atoms with Crippen molar-refractivity contribution in [2.75, 3.05) is 20.8 Å². The van der Waals surface area contributed by atoms with Crippen LogP contribution in [0.25, 0.3) is 0 Å². The van der Waals surface area contributed by atoms with Crippen LogP contribution in [0.1, 0.15) is 43.4 Å². The largest absolute Gasteiger partial charge is 0.493 e. The zero-order chi connectivity index (χ0) is 15.0. The predicted octanol–water partition coefficient (Wildman–Crippen LogP) is 2.95. The first kappa shape index (κ1) is 14.2. The average Bonchev–Trinajstić information content (AvgIpc) is 2.44. The van der Waals surface area contributed by atoms with Gasteiger partial charge in [0.05, 0.1) is 20.3 Å². The van der Waals surface area contributed by atoms with Crippen LogP contribution >= 0.6 is 0 Å². The topological polar surface area (TPSA) is 38.8 Å². The Hall–Kier alpha value is -1.71. The van der Waals surface area contributed by atoms with E-state index >= 15 is 0 Å². The molecule has 0 aromatic heterocycles. The molecule has 1 aromatic rings. The van der Waals surface area contributed by atoms with Crippen LogP contribution in [0.4, 0.5) is 0 Å². The number of carbonyl (C=O) groups is 1. The van der Waals surface area contributed by atoms with Crippen molar-refractivity contribution < 1.29 is 14.3 Å². The summed E-state index contributed by atoms with van der Waals surface area (Å²) in [7, 11) is 3.30. The van der Waals surface area contributed by atoms with Crippen molar-refractivity contribution in [1.82, 2.24) is 4.90 Å². The summed E-state index contributed by atoms with van der Waals surface area (Å²) in [4.78, 5) is 14.6. The van der Waals surface area contributed by atoms with E-state index in [9.17, 15) is 4.79 Å². The highest BCUT2D eigenvalue weighted by atomic mass is 16.5. The molecular weight excluding hydrogens is 266 g/mol. The third-order valence-electron chi connectivity index (χ3n) is 4.92. The molecule has 0 N–H and O–H groups in total. The van der Waals surface area contributed by atoms with Gasteiger partial charge >= 0.3 is 0 Å². The minimum atomic E-state index is 0.113. The molecule has 1 aromatic carbocycles. The van der Waals surface area contributed by atoms with Gasteiger partial charge in [-0.15, -0.1) is 0 Å². The van der Waals surface area contributed by atoms with Gasteiger partial charge in [-0.2, -0.15) is 0 Å². The smallest absolute Gasteiger partial charge is 0.226 e. The summed E-state index contributed by atoms with van der Waals surface area (Å²) in [5, 5.41) is 0. The summed E-state index contributed by atoms with van der Waals surface area (Å²) in [6.45, 7) is 2.92. The lowest BCUT2D eigenvalue weighted by molar-refractivity contribution is -0.140. The van der Waals surface area contributed by atoms with Crippen LogP contribution in [0.2, 0.25) is 0 Å². The molecule has 1 aliphatic heterocycles. The maximum Gasteiger partial charge on any atom is 0.226 e. The second-order valence-electron chi connectivity index (χ2n) is 5.99. The number of ether oxygens (including phenoxy) is 2. The molecule has 0 radical (unpaired) electrons. The van der Waals surface area contributed by atoms with Gasteiger partial charge in [-0.3, -0.25) is 4.79 Å². The van der Waals surface area contributed by atoms with Crippen molar-refractivity contribution >= 4 is 5.91 Å². The van der Waals surface area contributed by atoms with E-state index in [1.165, 1.54) is 17.5 Å². The lowest BCUT2D eigenvalue weighted by Crippen LogP contribution is -2.43. The number of rotatable bonds is 3. The molecule has 1 unspecified atom stereocenters. The van der Waals surface area contributed by atoms with Crippen LogP contribution in [-0.2, 0) is 11.2 Å². The SMILES string of the molecule is COc1cc2c(cc1OC)C(C)N(C(=O)C1CCC1)CC2. The van der Waals surface area contributed by atoms with E-state index in [4.69, 9.17) is 9.47 Å². The van der Waals surface area contributed by atoms with Crippen LogP contribution in [-0.4, -0.2) is 31.6 Å². The highest BCUT2D eigenvalue weighted by molar-refractivity contribution is 5.80.